The summed E-state index contributed by atoms with van der Waals surface area (Å²) in [4.78, 5) is 0. The fraction of sp³-hybridized carbons (Fsp3) is 0.137. The summed E-state index contributed by atoms with van der Waals surface area (Å²) in [5, 5.41) is 6.71. The van der Waals surface area contributed by atoms with Crippen LogP contribution in [0.3, 0.4) is 0 Å². The van der Waals surface area contributed by atoms with E-state index in [1.165, 1.54) is 88.4 Å². The Bertz CT molecular complexity index is 3020. The highest BCUT2D eigenvalue weighted by Gasteiger charge is 2.49. The fourth-order valence-electron chi connectivity index (χ4n) is 10.8. The van der Waals surface area contributed by atoms with Gasteiger partial charge in [-0.2, -0.15) is 0 Å². The number of para-hydroxylation sites is 3. The minimum Gasteiger partial charge on any atom is -0.310 e. The van der Waals surface area contributed by atoms with Gasteiger partial charge in [-0.25, -0.2) is 0 Å². The molecule has 2 atom stereocenters. The number of aromatic nitrogens is 2. The molecule has 2 heteroatoms. The first kappa shape index (κ1) is 29.5. The Balaban J connectivity index is 0.969. The van der Waals surface area contributed by atoms with Gasteiger partial charge in [0.25, 0.3) is 0 Å². The molecule has 0 spiro atoms. The normalized spacial score (nSPS) is 19.6. The summed E-state index contributed by atoms with van der Waals surface area (Å²) in [6.45, 7) is 4.96. The van der Waals surface area contributed by atoms with Crippen molar-refractivity contribution in [2.24, 2.45) is 17.3 Å². The Labute approximate surface area is 309 Å². The van der Waals surface area contributed by atoms with Crippen molar-refractivity contribution in [1.29, 1.82) is 0 Å². The van der Waals surface area contributed by atoms with E-state index in [-0.39, 0.29) is 5.41 Å². The molecule has 0 N–H and O–H groups in total. The summed E-state index contributed by atoms with van der Waals surface area (Å²) in [5.74, 6) is 0.849. The number of hydrogen-bond acceptors (Lipinski definition) is 0. The second-order valence-electron chi connectivity index (χ2n) is 16.0. The highest BCUT2D eigenvalue weighted by molar-refractivity contribution is 6.20. The maximum Gasteiger partial charge on any atom is 0.0542 e. The van der Waals surface area contributed by atoms with Crippen molar-refractivity contribution in [3.63, 3.8) is 0 Å². The molecule has 2 aromatic heterocycles. The summed E-state index contributed by atoms with van der Waals surface area (Å²) < 4.78 is 4.90. The average molecular weight is 679 g/mol. The molecule has 2 nitrogen and oxygen atoms in total. The lowest BCUT2D eigenvalue weighted by Gasteiger charge is -2.34. The largest absolute Gasteiger partial charge is 0.310 e. The number of allylic oxidation sites excluding steroid dienone is 7. The van der Waals surface area contributed by atoms with E-state index in [2.05, 4.69) is 181 Å². The van der Waals surface area contributed by atoms with Gasteiger partial charge in [-0.05, 0) is 122 Å². The Morgan fingerprint density at radius 2 is 1.34 bits per heavy atom. The van der Waals surface area contributed by atoms with E-state index in [0.29, 0.717) is 11.8 Å². The van der Waals surface area contributed by atoms with Crippen LogP contribution in [0.4, 0.5) is 0 Å². The van der Waals surface area contributed by atoms with Crippen LogP contribution in [0.2, 0.25) is 0 Å². The van der Waals surface area contributed by atoms with E-state index >= 15 is 0 Å². The third-order valence-corrected chi connectivity index (χ3v) is 13.1. The van der Waals surface area contributed by atoms with Gasteiger partial charge in [0, 0.05) is 39.1 Å². The van der Waals surface area contributed by atoms with Gasteiger partial charge in [-0.3, -0.25) is 0 Å². The lowest BCUT2D eigenvalue weighted by atomic mass is 9.69. The van der Waals surface area contributed by atoms with E-state index < -0.39 is 0 Å². The molecule has 6 aromatic carbocycles. The maximum atomic E-state index is 2.60. The smallest absolute Gasteiger partial charge is 0.0542 e. The van der Waals surface area contributed by atoms with Gasteiger partial charge in [-0.15, -0.1) is 0 Å². The second kappa shape index (κ2) is 10.5. The zero-order chi connectivity index (χ0) is 35.0. The predicted molar refractivity (Wildman–Crippen MR) is 223 cm³/mol. The van der Waals surface area contributed by atoms with Crippen LogP contribution in [0.1, 0.15) is 42.7 Å². The van der Waals surface area contributed by atoms with Gasteiger partial charge in [0.2, 0.25) is 0 Å². The third kappa shape index (κ3) is 3.88. The first-order chi connectivity index (χ1) is 26.1. The van der Waals surface area contributed by atoms with Gasteiger partial charge in [0.1, 0.15) is 0 Å². The minimum atomic E-state index is 0.0913. The monoisotopic (exact) mass is 678 g/mol. The molecule has 4 aliphatic carbocycles. The van der Waals surface area contributed by atoms with Crippen LogP contribution in [-0.4, -0.2) is 9.13 Å². The van der Waals surface area contributed by atoms with E-state index in [9.17, 15) is 0 Å². The van der Waals surface area contributed by atoms with E-state index in [0.717, 1.165) is 12.8 Å². The maximum absolute atomic E-state index is 2.60. The van der Waals surface area contributed by atoms with Crippen molar-refractivity contribution in [2.45, 2.75) is 26.7 Å². The molecule has 0 bridgehead atoms. The Kier molecular flexibility index (Phi) is 5.83. The SMILES string of the molecule is CC1(C)C2=C(C3=CC(C4C=Cc5c(c6ccccc6n5-c5ccc6c(c5)c5ccccc5n6-c5ccccc5)C4)=CCC31)c1cccc3cccc2c13. The van der Waals surface area contributed by atoms with Gasteiger partial charge in [0.05, 0.1) is 16.6 Å². The number of fused-ring (bicyclic) bond motifs is 10. The summed E-state index contributed by atoms with van der Waals surface area (Å²) in [5.41, 5.74) is 18.0. The van der Waals surface area contributed by atoms with Crippen molar-refractivity contribution in [3.8, 4) is 11.4 Å². The quantitative estimate of drug-likeness (QED) is 0.176. The van der Waals surface area contributed by atoms with Crippen LogP contribution in [0, 0.1) is 17.3 Å². The Morgan fingerprint density at radius 3 is 2.17 bits per heavy atom. The molecule has 0 aliphatic heterocycles. The van der Waals surface area contributed by atoms with Gasteiger partial charge >= 0.3 is 0 Å². The van der Waals surface area contributed by atoms with Crippen molar-refractivity contribution in [3.05, 3.63) is 185 Å². The zero-order valence-electron chi connectivity index (χ0n) is 30.0. The second-order valence-corrected chi connectivity index (χ2v) is 16.0. The van der Waals surface area contributed by atoms with Gasteiger partial charge < -0.3 is 9.13 Å². The summed E-state index contributed by atoms with van der Waals surface area (Å²) in [7, 11) is 0. The molecule has 0 amide bonds. The van der Waals surface area contributed by atoms with Crippen molar-refractivity contribution >= 4 is 60.7 Å². The van der Waals surface area contributed by atoms with Crippen LogP contribution in [0.15, 0.2) is 163 Å². The zero-order valence-corrected chi connectivity index (χ0v) is 30.0. The van der Waals surface area contributed by atoms with Crippen LogP contribution >= 0.6 is 0 Å². The predicted octanol–water partition coefficient (Wildman–Crippen LogP) is 12.9. The fourth-order valence-corrected chi connectivity index (χ4v) is 10.8. The van der Waals surface area contributed by atoms with E-state index in [1.807, 2.05) is 0 Å². The van der Waals surface area contributed by atoms with Crippen LogP contribution in [0.25, 0.3) is 72.1 Å². The number of hydrogen-bond donors (Lipinski definition) is 0. The molecular weight excluding hydrogens is 641 g/mol. The lowest BCUT2D eigenvalue weighted by molar-refractivity contribution is 0.362. The Hall–Kier alpha value is -6.12. The third-order valence-electron chi connectivity index (χ3n) is 13.1. The van der Waals surface area contributed by atoms with E-state index in [1.54, 1.807) is 11.1 Å². The first-order valence-electron chi connectivity index (χ1n) is 19.1. The molecule has 0 radical (unpaired) electrons. The van der Waals surface area contributed by atoms with E-state index in [4.69, 9.17) is 0 Å². The van der Waals surface area contributed by atoms with Crippen molar-refractivity contribution in [2.75, 3.05) is 0 Å². The molecule has 252 valence electrons. The minimum absolute atomic E-state index is 0.0913. The standard InChI is InChI=1S/C51H38N2/c1-51(2)43-25-22-32(29-42(43)49-38-18-10-12-31-13-11-19-39(48(31)38)50(49)51)33-23-26-46-40(28-33)36-16-6-9-21-45(36)53(46)35-24-27-47-41(30-35)37-17-7-8-20-44(37)52(47)34-14-4-3-5-15-34/h3-24,26-27,29-30,33,43H,25,28H2,1-2H3. The summed E-state index contributed by atoms with van der Waals surface area (Å²) in [6, 6.07) is 49.4. The number of benzene rings is 6. The molecule has 12 rings (SSSR count). The highest BCUT2D eigenvalue weighted by atomic mass is 15.0. The average Bonchev–Trinajstić information content (AvgIpc) is 3.90. The first-order valence-corrected chi connectivity index (χ1v) is 19.1. The molecular formula is C51H38N2. The summed E-state index contributed by atoms with van der Waals surface area (Å²) in [6.07, 6.45) is 12.2. The topological polar surface area (TPSA) is 9.86 Å². The number of rotatable bonds is 3. The lowest BCUT2D eigenvalue weighted by Crippen LogP contribution is -2.24. The van der Waals surface area contributed by atoms with Crippen molar-refractivity contribution in [1.82, 2.24) is 9.13 Å². The van der Waals surface area contributed by atoms with Crippen molar-refractivity contribution < 1.29 is 0 Å². The molecule has 53 heavy (non-hydrogen) atoms. The number of nitrogens with zero attached hydrogens (tertiary/aromatic N) is 2. The Morgan fingerprint density at radius 1 is 0.623 bits per heavy atom. The molecule has 2 unspecified atom stereocenters. The summed E-state index contributed by atoms with van der Waals surface area (Å²) >= 11 is 0. The molecule has 0 saturated carbocycles. The molecule has 0 saturated heterocycles. The van der Waals surface area contributed by atoms with Gasteiger partial charge in [0.15, 0.2) is 0 Å². The van der Waals surface area contributed by atoms with Gasteiger partial charge in [-0.1, -0.05) is 123 Å². The molecule has 2 heterocycles. The molecule has 8 aromatic rings. The highest BCUT2D eigenvalue weighted by Crippen LogP contribution is 2.64. The van der Waals surface area contributed by atoms with Crippen LogP contribution in [-0.2, 0) is 6.42 Å². The van der Waals surface area contributed by atoms with Crippen LogP contribution < -0.4 is 0 Å². The molecule has 4 aliphatic rings. The van der Waals surface area contributed by atoms with Crippen LogP contribution in [0.5, 0.6) is 0 Å². The molecule has 0 fully saturated rings.